The van der Waals surface area contributed by atoms with Crippen LogP contribution in [0.5, 0.6) is 11.5 Å². The molecule has 0 spiro atoms. The van der Waals surface area contributed by atoms with Gasteiger partial charge in [0, 0.05) is 25.5 Å². The number of hydrogen-bond donors (Lipinski definition) is 5. The molecule has 0 unspecified atom stereocenters. The number of ether oxygens (including phenoxy) is 1. The molecule has 3 rings (SSSR count). The second kappa shape index (κ2) is 12.3. The third-order valence-corrected chi connectivity index (χ3v) is 5.95. The average molecular weight is 506 g/mol. The largest absolute Gasteiger partial charge is 0.507 e. The minimum absolute atomic E-state index is 0.0156. The zero-order valence-electron chi connectivity index (χ0n) is 19.3. The number of nitrogens with one attached hydrogen (secondary N) is 2. The van der Waals surface area contributed by atoms with Crippen molar-refractivity contribution in [3.05, 3.63) is 46.3 Å². The number of hydrogen-bond acceptors (Lipinski definition) is 8. The molecule has 1 heterocycles. The number of allylic oxidation sites excluding steroid dienone is 4. The fourth-order valence-electron chi connectivity index (χ4n) is 3.76. The zero-order chi connectivity index (χ0) is 25.4. The van der Waals surface area contributed by atoms with Crippen LogP contribution in [0.15, 0.2) is 34.6 Å². The second-order valence-electron chi connectivity index (χ2n) is 8.04. The van der Waals surface area contributed by atoms with Gasteiger partial charge in [0.05, 0.1) is 29.0 Å². The van der Waals surface area contributed by atoms with E-state index in [0.29, 0.717) is 37.8 Å². The maximum atomic E-state index is 13.0. The van der Waals surface area contributed by atoms with E-state index in [1.165, 1.54) is 6.07 Å². The molecule has 0 saturated carbocycles. The van der Waals surface area contributed by atoms with Gasteiger partial charge in [0.15, 0.2) is 11.5 Å². The minimum atomic E-state index is -0.429. The number of phenolic OH excluding ortho intramolecular Hbond substituents is 2. The molecule has 11 heteroatoms. The molecule has 1 aromatic heterocycles. The van der Waals surface area contributed by atoms with Crippen LogP contribution in [0.1, 0.15) is 61.0 Å². The molecule has 35 heavy (non-hydrogen) atoms. The van der Waals surface area contributed by atoms with Gasteiger partial charge in [0.2, 0.25) is 5.91 Å². The summed E-state index contributed by atoms with van der Waals surface area (Å²) in [4.78, 5) is 24.0. The summed E-state index contributed by atoms with van der Waals surface area (Å²) in [7, 11) is 1.59. The number of nitrogens with zero attached hydrogens (tertiary/aromatic N) is 1. The first-order valence-electron chi connectivity index (χ1n) is 11.2. The normalized spacial score (nSPS) is 13.1. The van der Waals surface area contributed by atoms with Crippen molar-refractivity contribution in [3.63, 3.8) is 0 Å². The number of amides is 2. The second-order valence-corrected chi connectivity index (χ2v) is 8.45. The lowest BCUT2D eigenvalue weighted by Gasteiger charge is -2.15. The van der Waals surface area contributed by atoms with E-state index in [2.05, 4.69) is 10.5 Å². The van der Waals surface area contributed by atoms with Crippen LogP contribution in [-0.2, 0) is 9.53 Å². The highest BCUT2D eigenvalue weighted by atomic mass is 35.5. The molecule has 0 fully saturated rings. The van der Waals surface area contributed by atoms with E-state index >= 15 is 0 Å². The first-order valence-corrected chi connectivity index (χ1v) is 11.6. The summed E-state index contributed by atoms with van der Waals surface area (Å²) in [6.45, 7) is 0.399. The number of phenols is 2. The number of rotatable bonds is 11. The fourth-order valence-corrected chi connectivity index (χ4v) is 3.93. The van der Waals surface area contributed by atoms with Gasteiger partial charge in [-0.15, -0.1) is 0 Å². The summed E-state index contributed by atoms with van der Waals surface area (Å²) >= 11 is 6.05. The monoisotopic (exact) mass is 505 g/mol. The van der Waals surface area contributed by atoms with Gasteiger partial charge in [-0.25, -0.2) is 5.48 Å². The Hall–Kier alpha value is -3.50. The quantitative estimate of drug-likeness (QED) is 0.172. The van der Waals surface area contributed by atoms with Gasteiger partial charge in [-0.05, 0) is 37.0 Å². The molecular weight excluding hydrogens is 478 g/mol. The molecular formula is C24H28ClN3O7. The van der Waals surface area contributed by atoms with Crippen LogP contribution in [-0.4, -0.2) is 46.0 Å². The van der Waals surface area contributed by atoms with E-state index in [1.54, 1.807) is 18.7 Å². The van der Waals surface area contributed by atoms with Crippen molar-refractivity contribution in [3.8, 4) is 22.8 Å². The van der Waals surface area contributed by atoms with E-state index in [1.807, 2.05) is 6.08 Å². The lowest BCUT2D eigenvalue weighted by molar-refractivity contribution is -0.129. The number of aromatic nitrogens is 1. The number of benzene rings is 1. The predicted octanol–water partition coefficient (Wildman–Crippen LogP) is 4.30. The van der Waals surface area contributed by atoms with E-state index in [0.717, 1.165) is 30.2 Å². The van der Waals surface area contributed by atoms with Crippen molar-refractivity contribution >= 4 is 29.0 Å². The molecule has 0 radical (unpaired) electrons. The summed E-state index contributed by atoms with van der Waals surface area (Å²) in [6.07, 6.45) is 7.96. The highest BCUT2D eigenvalue weighted by molar-refractivity contribution is 6.32. The maximum absolute atomic E-state index is 13.0. The summed E-state index contributed by atoms with van der Waals surface area (Å²) in [5.74, 6) is -0.439. The molecule has 5 N–H and O–H groups in total. The average Bonchev–Trinajstić information content (AvgIpc) is 3.30. The third-order valence-electron chi connectivity index (χ3n) is 5.65. The standard InChI is InChI=1S/C24H28ClN3O7/c1-34-15-9-7-14(8-10-15)21-22(24(32)26-11-5-3-2-4-6-20(31)27-33)28-35-23(21)16-12-17(25)19(30)13-18(16)29/h7,9,12-13,29-30,33H,2-6,8,10-11H2,1H3,(H,26,32)(H,27,31). The van der Waals surface area contributed by atoms with Crippen LogP contribution in [0.25, 0.3) is 16.9 Å². The van der Waals surface area contributed by atoms with Crippen LogP contribution in [0.4, 0.5) is 0 Å². The molecule has 0 bridgehead atoms. The Morgan fingerprint density at radius 1 is 1.11 bits per heavy atom. The summed E-state index contributed by atoms with van der Waals surface area (Å²) < 4.78 is 10.8. The van der Waals surface area contributed by atoms with Gasteiger partial charge < -0.3 is 24.8 Å². The van der Waals surface area contributed by atoms with E-state index in [-0.39, 0.29) is 40.0 Å². The summed E-state index contributed by atoms with van der Waals surface area (Å²) in [5.41, 5.74) is 3.08. The van der Waals surface area contributed by atoms with Crippen LogP contribution in [0.3, 0.4) is 0 Å². The van der Waals surface area contributed by atoms with E-state index in [9.17, 15) is 19.8 Å². The van der Waals surface area contributed by atoms with Crippen LogP contribution < -0.4 is 10.8 Å². The first kappa shape index (κ1) is 26.1. The molecule has 2 amide bonds. The number of carbonyl (C=O) groups excluding carboxylic acids is 2. The molecule has 10 nitrogen and oxygen atoms in total. The van der Waals surface area contributed by atoms with Gasteiger partial charge in [-0.3, -0.25) is 14.8 Å². The lowest BCUT2D eigenvalue weighted by Crippen LogP contribution is -2.25. The van der Waals surface area contributed by atoms with Crippen molar-refractivity contribution < 1.29 is 34.3 Å². The van der Waals surface area contributed by atoms with Crippen molar-refractivity contribution in [2.75, 3.05) is 13.7 Å². The molecule has 0 atom stereocenters. The Morgan fingerprint density at radius 3 is 2.57 bits per heavy atom. The van der Waals surface area contributed by atoms with E-state index < -0.39 is 11.8 Å². The number of halogens is 1. The molecule has 188 valence electrons. The van der Waals surface area contributed by atoms with Gasteiger partial charge in [-0.1, -0.05) is 35.7 Å². The van der Waals surface area contributed by atoms with Crippen LogP contribution in [0.2, 0.25) is 5.02 Å². The Labute approximate surface area is 207 Å². The van der Waals surface area contributed by atoms with E-state index in [4.69, 9.17) is 26.1 Å². The number of carbonyl (C=O) groups is 2. The number of methoxy groups -OCH3 is 1. The van der Waals surface area contributed by atoms with Crippen LogP contribution >= 0.6 is 11.6 Å². The Morgan fingerprint density at radius 2 is 1.89 bits per heavy atom. The SMILES string of the molecule is COC1=CC=C(c2c(C(=O)NCCCCCCC(=O)NO)noc2-c2cc(Cl)c(O)cc2O)CC1. The van der Waals surface area contributed by atoms with Gasteiger partial charge >= 0.3 is 0 Å². The first-order chi connectivity index (χ1) is 16.8. The van der Waals surface area contributed by atoms with Gasteiger partial charge in [0.1, 0.15) is 11.5 Å². The zero-order valence-corrected chi connectivity index (χ0v) is 20.0. The topological polar surface area (TPSA) is 154 Å². The minimum Gasteiger partial charge on any atom is -0.507 e. The summed E-state index contributed by atoms with van der Waals surface area (Å²) in [5, 5.41) is 35.5. The van der Waals surface area contributed by atoms with Gasteiger partial charge in [0.25, 0.3) is 5.91 Å². The third kappa shape index (κ3) is 6.55. The Kier molecular flexibility index (Phi) is 9.16. The Bertz CT molecular complexity index is 1140. The molecule has 1 aliphatic carbocycles. The van der Waals surface area contributed by atoms with Crippen molar-refractivity contribution in [2.24, 2.45) is 0 Å². The lowest BCUT2D eigenvalue weighted by atomic mass is 9.92. The molecule has 2 aromatic rings. The predicted molar refractivity (Wildman–Crippen MR) is 128 cm³/mol. The smallest absolute Gasteiger partial charge is 0.274 e. The summed E-state index contributed by atoms with van der Waals surface area (Å²) in [6, 6.07) is 2.46. The highest BCUT2D eigenvalue weighted by Crippen LogP contribution is 2.42. The molecule has 1 aliphatic rings. The number of hydroxylamine groups is 1. The van der Waals surface area contributed by atoms with Crippen molar-refractivity contribution in [1.29, 1.82) is 0 Å². The van der Waals surface area contributed by atoms with Crippen molar-refractivity contribution in [1.82, 2.24) is 16.0 Å². The highest BCUT2D eigenvalue weighted by Gasteiger charge is 2.28. The van der Waals surface area contributed by atoms with Gasteiger partial charge in [-0.2, -0.15) is 0 Å². The molecule has 0 aliphatic heterocycles. The fraction of sp³-hybridized carbons (Fsp3) is 0.375. The van der Waals surface area contributed by atoms with Crippen molar-refractivity contribution in [2.45, 2.75) is 44.9 Å². The number of aromatic hydroxyl groups is 2. The Balaban J connectivity index is 1.79. The maximum Gasteiger partial charge on any atom is 0.274 e. The van der Waals surface area contributed by atoms with Crippen LogP contribution in [0, 0.1) is 0 Å². The molecule has 1 aromatic carbocycles. The molecule has 0 saturated heterocycles. The number of unbranched alkanes of at least 4 members (excludes halogenated alkanes) is 3.